The van der Waals surface area contributed by atoms with Crippen molar-refractivity contribution < 1.29 is 18.4 Å². The second-order valence-corrected chi connectivity index (χ2v) is 8.98. The number of aliphatic hydroxyl groups is 1. The van der Waals surface area contributed by atoms with Crippen LogP contribution in [0, 0.1) is 5.82 Å². The predicted molar refractivity (Wildman–Crippen MR) is 109 cm³/mol. The molecule has 2 aromatic heterocycles. The van der Waals surface area contributed by atoms with Crippen LogP contribution in [0.15, 0.2) is 47.5 Å². The Morgan fingerprint density at radius 3 is 2.63 bits per heavy atom. The van der Waals surface area contributed by atoms with E-state index >= 15 is 0 Å². The molecular formula is C21H19FN4O3S. The summed E-state index contributed by atoms with van der Waals surface area (Å²) in [4.78, 5) is 14.2. The zero-order valence-electron chi connectivity index (χ0n) is 16.0. The normalized spacial score (nSPS) is 18.7. The molecule has 154 valence electrons. The minimum absolute atomic E-state index is 0.00468. The number of hydrogen-bond donors (Lipinski definition) is 2. The third-order valence-electron chi connectivity index (χ3n) is 5.26. The highest BCUT2D eigenvalue weighted by Crippen LogP contribution is 2.41. The van der Waals surface area contributed by atoms with Crippen molar-refractivity contribution in [2.75, 3.05) is 17.7 Å². The first-order chi connectivity index (χ1) is 14.5. The Morgan fingerprint density at radius 1 is 1.17 bits per heavy atom. The number of benzene rings is 1. The van der Waals surface area contributed by atoms with Crippen molar-refractivity contribution in [3.05, 3.63) is 54.1 Å². The summed E-state index contributed by atoms with van der Waals surface area (Å²) in [6, 6.07) is 9.18. The zero-order chi connectivity index (χ0) is 20.7. The van der Waals surface area contributed by atoms with E-state index in [0.29, 0.717) is 45.9 Å². The molecule has 2 N–H and O–H groups in total. The van der Waals surface area contributed by atoms with E-state index in [4.69, 9.17) is 4.74 Å². The van der Waals surface area contributed by atoms with Crippen LogP contribution >= 0.6 is 0 Å². The molecular weight excluding hydrogens is 407 g/mol. The molecule has 1 fully saturated rings. The van der Waals surface area contributed by atoms with Crippen molar-refractivity contribution in [1.29, 1.82) is 0 Å². The summed E-state index contributed by atoms with van der Waals surface area (Å²) in [6.45, 7) is 0.00468. The van der Waals surface area contributed by atoms with Crippen LogP contribution < -0.4 is 10.1 Å². The van der Waals surface area contributed by atoms with Crippen molar-refractivity contribution in [3.8, 4) is 23.0 Å². The number of rotatable bonds is 6. The fourth-order valence-electron chi connectivity index (χ4n) is 3.33. The van der Waals surface area contributed by atoms with E-state index in [1.54, 1.807) is 18.3 Å². The molecule has 2 aliphatic rings. The lowest BCUT2D eigenvalue weighted by Crippen LogP contribution is -2.27. The van der Waals surface area contributed by atoms with Gasteiger partial charge in [-0.3, -0.25) is 4.21 Å². The number of hydrogen-bond acceptors (Lipinski definition) is 7. The molecule has 0 bridgehead atoms. The first-order valence-electron chi connectivity index (χ1n) is 9.63. The second kappa shape index (κ2) is 7.41. The Hall–Kier alpha value is -2.91. The third kappa shape index (κ3) is 3.66. The summed E-state index contributed by atoms with van der Waals surface area (Å²) in [5.74, 6) is 2.05. The number of aryl methyl sites for hydroxylation is 1. The zero-order valence-corrected chi connectivity index (χ0v) is 16.8. The van der Waals surface area contributed by atoms with E-state index in [0.717, 1.165) is 18.5 Å². The van der Waals surface area contributed by atoms with Gasteiger partial charge >= 0.3 is 0 Å². The maximum Gasteiger partial charge on any atom is 0.219 e. The second-order valence-electron chi connectivity index (χ2n) is 7.48. The average Bonchev–Trinajstić information content (AvgIpc) is 3.44. The molecule has 1 aliphatic carbocycles. The summed E-state index contributed by atoms with van der Waals surface area (Å²) in [5, 5.41) is 13.0. The van der Waals surface area contributed by atoms with Gasteiger partial charge in [-0.2, -0.15) is 0 Å². The summed E-state index contributed by atoms with van der Waals surface area (Å²) in [6.07, 6.45) is 3.93. The third-order valence-corrected chi connectivity index (χ3v) is 6.72. The molecule has 7 nitrogen and oxygen atoms in total. The van der Waals surface area contributed by atoms with Gasteiger partial charge in [0.1, 0.15) is 22.3 Å². The minimum Gasteiger partial charge on any atom is -0.439 e. The topological polar surface area (TPSA) is 97.2 Å². The van der Waals surface area contributed by atoms with E-state index < -0.39 is 10.8 Å². The van der Waals surface area contributed by atoms with Crippen molar-refractivity contribution in [1.82, 2.24) is 15.0 Å². The smallest absolute Gasteiger partial charge is 0.219 e. The molecule has 3 heterocycles. The number of aromatic nitrogens is 3. The summed E-state index contributed by atoms with van der Waals surface area (Å²) < 4.78 is 31.1. The van der Waals surface area contributed by atoms with Crippen LogP contribution in [-0.4, -0.2) is 42.2 Å². The monoisotopic (exact) mass is 426 g/mol. The van der Waals surface area contributed by atoms with Gasteiger partial charge in [-0.15, -0.1) is 0 Å². The lowest BCUT2D eigenvalue weighted by molar-refractivity contribution is 0.265. The fraction of sp³-hybridized carbons (Fsp3) is 0.286. The lowest BCUT2D eigenvalue weighted by Gasteiger charge is -2.18. The average molecular weight is 426 g/mol. The number of anilines is 1. The molecule has 1 saturated carbocycles. The maximum atomic E-state index is 13.0. The number of aliphatic hydroxyl groups excluding tert-OH is 1. The highest BCUT2D eigenvalue weighted by atomic mass is 32.2. The van der Waals surface area contributed by atoms with Gasteiger partial charge in [-0.05, 0) is 43.2 Å². The summed E-state index contributed by atoms with van der Waals surface area (Å²) in [7, 11) is -1.14. The Balaban J connectivity index is 1.43. The van der Waals surface area contributed by atoms with Crippen molar-refractivity contribution in [2.24, 2.45) is 0 Å². The molecule has 9 heteroatoms. The molecule has 5 rings (SSSR count). The van der Waals surface area contributed by atoms with E-state index in [1.165, 1.54) is 24.3 Å². The Morgan fingerprint density at radius 2 is 1.97 bits per heavy atom. The first-order valence-corrected chi connectivity index (χ1v) is 11.0. The Bertz CT molecular complexity index is 1120. The van der Waals surface area contributed by atoms with E-state index in [1.807, 2.05) is 0 Å². The molecule has 1 atom stereocenters. The highest BCUT2D eigenvalue weighted by Gasteiger charge is 2.43. The maximum absolute atomic E-state index is 13.0. The molecule has 0 amide bonds. The van der Waals surface area contributed by atoms with Crippen molar-refractivity contribution >= 4 is 16.6 Å². The number of halogens is 1. The highest BCUT2D eigenvalue weighted by molar-refractivity contribution is 7.85. The molecule has 1 aliphatic heterocycles. The van der Waals surface area contributed by atoms with E-state index in [9.17, 15) is 13.7 Å². The summed E-state index contributed by atoms with van der Waals surface area (Å²) in [5.41, 5.74) is 1.08. The van der Waals surface area contributed by atoms with Gasteiger partial charge in [-0.1, -0.05) is 0 Å². The largest absolute Gasteiger partial charge is 0.439 e. The standard InChI is InChI=1S/C21H19FN4O3S/c22-14-2-4-15(5-3-14)29-17-6-1-13(11-23-17)19-24-16-7-10-30(28)18(16)20(25-19)26-21(12-27)8-9-21/h1-6,11,27H,7-10,12H2,(H,24,25,26)/t30-/m0/s1. The van der Waals surface area contributed by atoms with E-state index in [-0.39, 0.29) is 18.0 Å². The molecule has 1 aromatic carbocycles. The number of nitrogens with zero attached hydrogens (tertiary/aromatic N) is 3. The minimum atomic E-state index is -1.14. The molecule has 0 unspecified atom stereocenters. The Labute approximate surface area is 174 Å². The van der Waals surface area contributed by atoms with Crippen LogP contribution in [0.4, 0.5) is 10.2 Å². The fourth-order valence-corrected chi connectivity index (χ4v) is 4.64. The van der Waals surface area contributed by atoms with Gasteiger partial charge in [0.05, 0.1) is 28.6 Å². The van der Waals surface area contributed by atoms with Gasteiger partial charge in [0, 0.05) is 30.0 Å². The van der Waals surface area contributed by atoms with E-state index in [2.05, 4.69) is 20.3 Å². The quantitative estimate of drug-likeness (QED) is 0.625. The van der Waals surface area contributed by atoms with Crippen LogP contribution in [-0.2, 0) is 17.2 Å². The molecule has 3 aromatic rings. The van der Waals surface area contributed by atoms with Crippen molar-refractivity contribution in [3.63, 3.8) is 0 Å². The van der Waals surface area contributed by atoms with Gasteiger partial charge in [0.15, 0.2) is 5.82 Å². The molecule has 30 heavy (non-hydrogen) atoms. The van der Waals surface area contributed by atoms with Gasteiger partial charge in [-0.25, -0.2) is 19.3 Å². The Kier molecular flexibility index (Phi) is 4.71. The van der Waals surface area contributed by atoms with Gasteiger partial charge in [0.25, 0.3) is 0 Å². The molecule has 0 radical (unpaired) electrons. The van der Waals surface area contributed by atoms with Gasteiger partial charge < -0.3 is 15.2 Å². The van der Waals surface area contributed by atoms with Crippen LogP contribution in [0.3, 0.4) is 0 Å². The molecule has 0 spiro atoms. The van der Waals surface area contributed by atoms with Crippen LogP contribution in [0.25, 0.3) is 11.4 Å². The number of fused-ring (bicyclic) bond motifs is 1. The molecule has 0 saturated heterocycles. The van der Waals surface area contributed by atoms with Crippen LogP contribution in [0.5, 0.6) is 11.6 Å². The van der Waals surface area contributed by atoms with Crippen LogP contribution in [0.2, 0.25) is 0 Å². The number of pyridine rings is 1. The lowest BCUT2D eigenvalue weighted by atomic mass is 10.2. The number of nitrogens with one attached hydrogen (secondary N) is 1. The first kappa shape index (κ1) is 19.1. The number of ether oxygens (including phenoxy) is 1. The SMILES string of the molecule is O=[S@]1CCc2nc(-c3ccc(Oc4ccc(F)cc4)nc3)nc(NC3(CO)CC3)c21. The summed E-state index contributed by atoms with van der Waals surface area (Å²) >= 11 is 0. The van der Waals surface area contributed by atoms with Crippen LogP contribution in [0.1, 0.15) is 18.5 Å². The van der Waals surface area contributed by atoms with Crippen molar-refractivity contribution in [2.45, 2.75) is 29.7 Å². The van der Waals surface area contributed by atoms with Gasteiger partial charge in [0.2, 0.25) is 5.88 Å². The predicted octanol–water partition coefficient (Wildman–Crippen LogP) is 3.07.